The minimum Gasteiger partial charge on any atom is -0.236 e. The van der Waals surface area contributed by atoms with Crippen LogP contribution in [-0.2, 0) is 0 Å². The summed E-state index contributed by atoms with van der Waals surface area (Å²) >= 11 is 3.47. The summed E-state index contributed by atoms with van der Waals surface area (Å²) < 4.78 is 2.43. The summed E-state index contributed by atoms with van der Waals surface area (Å²) in [5.41, 5.74) is 5.71. The van der Waals surface area contributed by atoms with E-state index in [1.807, 2.05) is 6.07 Å². The van der Waals surface area contributed by atoms with E-state index in [2.05, 4.69) is 67.6 Å². The summed E-state index contributed by atoms with van der Waals surface area (Å²) in [5.74, 6) is 0. The van der Waals surface area contributed by atoms with Crippen LogP contribution in [0.4, 0.5) is 0 Å². The van der Waals surface area contributed by atoms with Gasteiger partial charge in [0.2, 0.25) is 0 Å². The largest absolute Gasteiger partial charge is 0.236 e. The number of hydrogen-bond acceptors (Lipinski definition) is 4. The molecular weight excluding hydrogens is 344 g/mol. The maximum atomic E-state index is 4.79. The second-order valence-corrected chi connectivity index (χ2v) is 8.12. The van der Waals surface area contributed by atoms with Crippen molar-refractivity contribution in [1.82, 2.24) is 9.97 Å². The predicted octanol–water partition coefficient (Wildman–Crippen LogP) is 6.55. The fourth-order valence-electron chi connectivity index (χ4n) is 2.87. The lowest BCUT2D eigenvalue weighted by Gasteiger charge is -1.95. The highest BCUT2D eigenvalue weighted by atomic mass is 32.1. The highest BCUT2D eigenvalue weighted by Gasteiger charge is 2.10. The van der Waals surface area contributed by atoms with Crippen LogP contribution in [0.1, 0.15) is 5.56 Å². The van der Waals surface area contributed by atoms with Crippen molar-refractivity contribution >= 4 is 43.1 Å². The van der Waals surface area contributed by atoms with Crippen molar-refractivity contribution in [2.24, 2.45) is 0 Å². The number of aromatic nitrogens is 2. The number of aryl methyl sites for hydroxylation is 1. The van der Waals surface area contributed by atoms with Crippen molar-refractivity contribution in [3.05, 3.63) is 72.3 Å². The third kappa shape index (κ3) is 2.64. The monoisotopic (exact) mass is 358 g/mol. The number of benzene rings is 3. The van der Waals surface area contributed by atoms with Gasteiger partial charge in [-0.1, -0.05) is 42.0 Å². The topological polar surface area (TPSA) is 25.8 Å². The Kier molecular flexibility index (Phi) is 3.40. The summed E-state index contributed by atoms with van der Waals surface area (Å²) in [6.07, 6.45) is 0. The molecule has 0 spiro atoms. The molecule has 2 nitrogen and oxygen atoms in total. The fourth-order valence-corrected chi connectivity index (χ4v) is 4.85. The molecule has 0 atom stereocenters. The molecule has 0 aliphatic carbocycles. The maximum absolute atomic E-state index is 4.79. The molecule has 0 unspecified atom stereocenters. The molecular formula is C21H14N2S2. The molecule has 4 heteroatoms. The Balaban J connectivity index is 1.60. The van der Waals surface area contributed by atoms with E-state index < -0.39 is 0 Å². The molecule has 2 heterocycles. The second kappa shape index (κ2) is 5.76. The molecule has 0 saturated carbocycles. The Hall–Kier alpha value is -2.56. The van der Waals surface area contributed by atoms with Gasteiger partial charge in [-0.15, -0.1) is 22.7 Å². The van der Waals surface area contributed by atoms with Gasteiger partial charge in [0.05, 0.1) is 20.4 Å². The highest BCUT2D eigenvalue weighted by molar-refractivity contribution is 7.22. The van der Waals surface area contributed by atoms with Crippen LogP contribution in [0.15, 0.2) is 66.7 Å². The number of nitrogens with zero attached hydrogens (tertiary/aromatic N) is 2. The molecule has 3 aromatic carbocycles. The normalized spacial score (nSPS) is 11.4. The van der Waals surface area contributed by atoms with Gasteiger partial charge in [-0.2, -0.15) is 0 Å². The van der Waals surface area contributed by atoms with Crippen LogP contribution in [0.3, 0.4) is 0 Å². The van der Waals surface area contributed by atoms with Crippen LogP contribution in [-0.4, -0.2) is 9.97 Å². The molecule has 0 aliphatic rings. The zero-order chi connectivity index (χ0) is 16.8. The summed E-state index contributed by atoms with van der Waals surface area (Å²) in [6, 6.07) is 23.3. The lowest BCUT2D eigenvalue weighted by molar-refractivity contribution is 1.44. The fraction of sp³-hybridized carbons (Fsp3) is 0.0476. The molecule has 0 saturated heterocycles. The van der Waals surface area contributed by atoms with Gasteiger partial charge in [-0.3, -0.25) is 0 Å². The van der Waals surface area contributed by atoms with Gasteiger partial charge in [-0.05, 0) is 37.3 Å². The van der Waals surface area contributed by atoms with Gasteiger partial charge in [-0.25, -0.2) is 9.97 Å². The molecule has 120 valence electrons. The second-order valence-electron chi connectivity index (χ2n) is 6.05. The first-order valence-electron chi connectivity index (χ1n) is 8.10. The van der Waals surface area contributed by atoms with Gasteiger partial charge >= 0.3 is 0 Å². The predicted molar refractivity (Wildman–Crippen MR) is 108 cm³/mol. The van der Waals surface area contributed by atoms with E-state index in [1.54, 1.807) is 22.7 Å². The highest BCUT2D eigenvalue weighted by Crippen LogP contribution is 2.35. The van der Waals surface area contributed by atoms with Gasteiger partial charge in [0, 0.05) is 11.1 Å². The number of thiazole rings is 2. The molecule has 25 heavy (non-hydrogen) atoms. The van der Waals surface area contributed by atoms with Crippen LogP contribution in [0, 0.1) is 6.92 Å². The molecule has 5 aromatic rings. The SMILES string of the molecule is Cc1ccc(-c2nc3ccc(-c4nc5ccccc5s4)cc3s2)cc1. The first kappa shape index (κ1) is 14.8. The molecule has 0 amide bonds. The molecule has 0 bridgehead atoms. The van der Waals surface area contributed by atoms with E-state index in [0.717, 1.165) is 26.6 Å². The minimum absolute atomic E-state index is 1.05. The number of rotatable bonds is 2. The molecule has 5 rings (SSSR count). The smallest absolute Gasteiger partial charge is 0.124 e. The maximum Gasteiger partial charge on any atom is 0.124 e. The molecule has 0 radical (unpaired) electrons. The average Bonchev–Trinajstić information content (AvgIpc) is 3.25. The van der Waals surface area contributed by atoms with E-state index in [4.69, 9.17) is 9.97 Å². The van der Waals surface area contributed by atoms with Crippen molar-refractivity contribution in [3.63, 3.8) is 0 Å². The van der Waals surface area contributed by atoms with E-state index in [0.29, 0.717) is 0 Å². The summed E-state index contributed by atoms with van der Waals surface area (Å²) in [6.45, 7) is 2.10. The van der Waals surface area contributed by atoms with Crippen molar-refractivity contribution in [3.8, 4) is 21.1 Å². The van der Waals surface area contributed by atoms with Gasteiger partial charge < -0.3 is 0 Å². The van der Waals surface area contributed by atoms with Crippen LogP contribution in [0.5, 0.6) is 0 Å². The lowest BCUT2D eigenvalue weighted by Crippen LogP contribution is -1.77. The summed E-state index contributed by atoms with van der Waals surface area (Å²) in [5, 5.41) is 2.13. The Bertz CT molecular complexity index is 1170. The van der Waals surface area contributed by atoms with Gasteiger partial charge in [0.1, 0.15) is 10.0 Å². The van der Waals surface area contributed by atoms with E-state index >= 15 is 0 Å². The van der Waals surface area contributed by atoms with Crippen molar-refractivity contribution in [2.45, 2.75) is 6.92 Å². The molecule has 0 fully saturated rings. The minimum atomic E-state index is 1.05. The number of hydrogen-bond donors (Lipinski definition) is 0. The third-order valence-electron chi connectivity index (χ3n) is 4.23. The zero-order valence-electron chi connectivity index (χ0n) is 13.6. The van der Waals surface area contributed by atoms with Gasteiger partial charge in [0.15, 0.2) is 0 Å². The molecule has 0 aliphatic heterocycles. The Morgan fingerprint density at radius 2 is 1.28 bits per heavy atom. The quantitative estimate of drug-likeness (QED) is 0.358. The summed E-state index contributed by atoms with van der Waals surface area (Å²) in [7, 11) is 0. The van der Waals surface area contributed by atoms with Crippen molar-refractivity contribution in [1.29, 1.82) is 0 Å². The Morgan fingerprint density at radius 1 is 0.640 bits per heavy atom. The van der Waals surface area contributed by atoms with E-state index in [9.17, 15) is 0 Å². The standard InChI is InChI=1S/C21H14N2S2/c1-13-6-8-14(9-7-13)20-23-17-11-10-15(12-19(17)25-20)21-22-16-4-2-3-5-18(16)24-21/h2-12H,1H3. The lowest BCUT2D eigenvalue weighted by atomic mass is 10.2. The zero-order valence-corrected chi connectivity index (χ0v) is 15.2. The van der Waals surface area contributed by atoms with E-state index in [-0.39, 0.29) is 0 Å². The van der Waals surface area contributed by atoms with Crippen molar-refractivity contribution < 1.29 is 0 Å². The first-order valence-corrected chi connectivity index (χ1v) is 9.73. The average molecular weight is 358 g/mol. The number of fused-ring (bicyclic) bond motifs is 2. The van der Waals surface area contributed by atoms with Crippen molar-refractivity contribution in [2.75, 3.05) is 0 Å². The van der Waals surface area contributed by atoms with E-state index in [1.165, 1.54) is 20.5 Å². The summed E-state index contributed by atoms with van der Waals surface area (Å²) in [4.78, 5) is 9.56. The van der Waals surface area contributed by atoms with Gasteiger partial charge in [0.25, 0.3) is 0 Å². The van der Waals surface area contributed by atoms with Crippen LogP contribution >= 0.6 is 22.7 Å². The Labute approximate surface area is 153 Å². The van der Waals surface area contributed by atoms with Crippen LogP contribution in [0.25, 0.3) is 41.6 Å². The first-order chi connectivity index (χ1) is 12.3. The van der Waals surface area contributed by atoms with Crippen LogP contribution in [0.2, 0.25) is 0 Å². The van der Waals surface area contributed by atoms with Crippen LogP contribution < -0.4 is 0 Å². The Morgan fingerprint density at radius 3 is 2.08 bits per heavy atom. The third-order valence-corrected chi connectivity index (χ3v) is 6.38. The molecule has 0 N–H and O–H groups in total. The number of para-hydroxylation sites is 1. The molecule has 2 aromatic heterocycles.